The molecule has 0 amide bonds. The lowest BCUT2D eigenvalue weighted by Crippen LogP contribution is -2.22. The van der Waals surface area contributed by atoms with Gasteiger partial charge in [0.15, 0.2) is 0 Å². The van der Waals surface area contributed by atoms with Crippen LogP contribution in [-0.4, -0.2) is 16.3 Å². The highest BCUT2D eigenvalue weighted by molar-refractivity contribution is 7.12. The van der Waals surface area contributed by atoms with Gasteiger partial charge in [0.25, 0.3) is 0 Å². The first-order valence-corrected chi connectivity index (χ1v) is 6.79. The lowest BCUT2D eigenvalue weighted by Gasteiger charge is -2.14. The second-order valence-electron chi connectivity index (χ2n) is 4.24. The maximum Gasteiger partial charge on any atom is 0.0643 e. The van der Waals surface area contributed by atoms with E-state index in [9.17, 15) is 0 Å². The molecule has 0 saturated heterocycles. The number of nitrogens with one attached hydrogen (secondary N) is 1. The van der Waals surface area contributed by atoms with Gasteiger partial charge in [-0.3, -0.25) is 4.68 Å². The number of hydrogen-bond acceptors (Lipinski definition) is 3. The Morgan fingerprint density at radius 1 is 1.41 bits per heavy atom. The minimum absolute atomic E-state index is 0.383. The van der Waals surface area contributed by atoms with E-state index in [2.05, 4.69) is 42.5 Å². The van der Waals surface area contributed by atoms with Crippen molar-refractivity contribution in [3.63, 3.8) is 0 Å². The van der Waals surface area contributed by atoms with Crippen LogP contribution in [0.15, 0.2) is 24.4 Å². The van der Waals surface area contributed by atoms with Crippen LogP contribution < -0.4 is 5.32 Å². The molecular formula is C13H19N3S. The minimum atomic E-state index is 0.383. The summed E-state index contributed by atoms with van der Waals surface area (Å²) in [7, 11) is 1.96. The molecule has 4 heteroatoms. The summed E-state index contributed by atoms with van der Waals surface area (Å²) >= 11 is 1.86. The zero-order valence-electron chi connectivity index (χ0n) is 10.6. The molecule has 2 aromatic heterocycles. The number of aromatic nitrogens is 2. The fourth-order valence-electron chi connectivity index (χ4n) is 1.94. The molecule has 92 valence electrons. The highest BCUT2D eigenvalue weighted by Gasteiger charge is 2.14. The molecule has 17 heavy (non-hydrogen) atoms. The van der Waals surface area contributed by atoms with Gasteiger partial charge in [0.05, 0.1) is 5.69 Å². The highest BCUT2D eigenvalue weighted by atomic mass is 32.1. The summed E-state index contributed by atoms with van der Waals surface area (Å²) in [4.78, 5) is 2.76. The highest BCUT2D eigenvalue weighted by Crippen LogP contribution is 2.25. The summed E-state index contributed by atoms with van der Waals surface area (Å²) in [5.74, 6) is 0. The molecule has 1 atom stereocenters. The number of thiophene rings is 1. The van der Waals surface area contributed by atoms with Gasteiger partial charge in [-0.15, -0.1) is 11.3 Å². The van der Waals surface area contributed by atoms with Crippen molar-refractivity contribution in [1.29, 1.82) is 0 Å². The van der Waals surface area contributed by atoms with Gasteiger partial charge in [-0.05, 0) is 31.7 Å². The van der Waals surface area contributed by atoms with Crippen molar-refractivity contribution in [1.82, 2.24) is 15.1 Å². The van der Waals surface area contributed by atoms with Crippen molar-refractivity contribution < 1.29 is 0 Å². The largest absolute Gasteiger partial charge is 0.309 e. The quantitative estimate of drug-likeness (QED) is 0.883. The van der Waals surface area contributed by atoms with Crippen LogP contribution in [0, 0.1) is 6.92 Å². The van der Waals surface area contributed by atoms with Crippen LogP contribution >= 0.6 is 11.3 Å². The summed E-state index contributed by atoms with van der Waals surface area (Å²) < 4.78 is 1.86. The van der Waals surface area contributed by atoms with Crippen molar-refractivity contribution in [2.45, 2.75) is 26.3 Å². The smallest absolute Gasteiger partial charge is 0.0643 e. The standard InChI is InChI=1S/C13H19N3S/c1-4-14-12(13-6-5-10(2)17-13)9-11-7-8-16(3)15-11/h5-8,12,14H,4,9H2,1-3H3. The Morgan fingerprint density at radius 2 is 2.24 bits per heavy atom. The summed E-state index contributed by atoms with van der Waals surface area (Å²) in [6.45, 7) is 5.28. The summed E-state index contributed by atoms with van der Waals surface area (Å²) in [6.07, 6.45) is 2.95. The Labute approximate surface area is 106 Å². The van der Waals surface area contributed by atoms with Crippen molar-refractivity contribution in [3.8, 4) is 0 Å². The van der Waals surface area contributed by atoms with Gasteiger partial charge in [-0.25, -0.2) is 0 Å². The lowest BCUT2D eigenvalue weighted by atomic mass is 10.1. The van der Waals surface area contributed by atoms with E-state index in [1.807, 2.05) is 29.3 Å². The summed E-state index contributed by atoms with van der Waals surface area (Å²) in [6, 6.07) is 6.87. The average Bonchev–Trinajstić information content (AvgIpc) is 2.87. The van der Waals surface area contributed by atoms with Crippen LogP contribution in [0.1, 0.15) is 28.4 Å². The molecular weight excluding hydrogens is 230 g/mol. The van der Waals surface area contributed by atoms with E-state index >= 15 is 0 Å². The molecule has 2 heterocycles. The van der Waals surface area contributed by atoms with Crippen molar-refractivity contribution in [3.05, 3.63) is 39.8 Å². The molecule has 0 radical (unpaired) electrons. The number of aryl methyl sites for hydroxylation is 2. The van der Waals surface area contributed by atoms with Gasteiger partial charge in [0.2, 0.25) is 0 Å². The van der Waals surface area contributed by atoms with Crippen LogP contribution in [0.4, 0.5) is 0 Å². The van der Waals surface area contributed by atoms with E-state index in [4.69, 9.17) is 0 Å². The molecule has 0 bridgehead atoms. The third-order valence-electron chi connectivity index (χ3n) is 2.74. The molecule has 0 aliphatic heterocycles. The van der Waals surface area contributed by atoms with Gasteiger partial charge in [0, 0.05) is 35.5 Å². The fraction of sp³-hybridized carbons (Fsp3) is 0.462. The molecule has 1 N–H and O–H groups in total. The third-order valence-corrected chi connectivity index (χ3v) is 3.85. The Hall–Kier alpha value is -1.13. The second kappa shape index (κ2) is 5.47. The van der Waals surface area contributed by atoms with Crippen molar-refractivity contribution in [2.24, 2.45) is 7.05 Å². The number of rotatable bonds is 5. The second-order valence-corrected chi connectivity index (χ2v) is 5.56. The molecule has 0 aliphatic carbocycles. The first-order chi connectivity index (χ1) is 8.19. The Kier molecular flexibility index (Phi) is 3.97. The van der Waals surface area contributed by atoms with Gasteiger partial charge in [-0.2, -0.15) is 5.10 Å². The predicted molar refractivity (Wildman–Crippen MR) is 72.4 cm³/mol. The molecule has 0 aliphatic rings. The van der Waals surface area contributed by atoms with Crippen molar-refractivity contribution in [2.75, 3.05) is 6.54 Å². The maximum absolute atomic E-state index is 4.45. The number of likely N-dealkylation sites (N-methyl/N-ethyl adjacent to an activating group) is 1. The van der Waals surface area contributed by atoms with E-state index in [0.717, 1.165) is 18.7 Å². The van der Waals surface area contributed by atoms with Gasteiger partial charge in [0.1, 0.15) is 0 Å². The zero-order chi connectivity index (χ0) is 12.3. The lowest BCUT2D eigenvalue weighted by molar-refractivity contribution is 0.547. The van der Waals surface area contributed by atoms with Crippen LogP contribution in [0.5, 0.6) is 0 Å². The SMILES string of the molecule is CCNC(Cc1ccn(C)n1)c1ccc(C)s1. The molecule has 3 nitrogen and oxygen atoms in total. The Balaban J connectivity index is 2.12. The normalized spacial score (nSPS) is 12.9. The Morgan fingerprint density at radius 3 is 2.76 bits per heavy atom. The van der Waals surface area contributed by atoms with Crippen molar-refractivity contribution >= 4 is 11.3 Å². The average molecular weight is 249 g/mol. The molecule has 0 fully saturated rings. The maximum atomic E-state index is 4.45. The Bertz CT molecular complexity index is 472. The molecule has 0 spiro atoms. The van der Waals surface area contributed by atoms with E-state index in [0.29, 0.717) is 6.04 Å². The molecule has 2 rings (SSSR count). The molecule has 0 aromatic carbocycles. The van der Waals surface area contributed by atoms with Crippen LogP contribution in [-0.2, 0) is 13.5 Å². The molecule has 0 saturated carbocycles. The molecule has 2 aromatic rings. The van der Waals surface area contributed by atoms with E-state index < -0.39 is 0 Å². The number of nitrogens with zero attached hydrogens (tertiary/aromatic N) is 2. The van der Waals surface area contributed by atoms with Gasteiger partial charge in [-0.1, -0.05) is 6.92 Å². The summed E-state index contributed by atoms with van der Waals surface area (Å²) in [5.41, 5.74) is 1.14. The topological polar surface area (TPSA) is 29.9 Å². The number of hydrogen-bond donors (Lipinski definition) is 1. The van der Waals surface area contributed by atoms with E-state index in [-0.39, 0.29) is 0 Å². The van der Waals surface area contributed by atoms with Gasteiger partial charge < -0.3 is 5.32 Å². The third kappa shape index (κ3) is 3.17. The molecule has 1 unspecified atom stereocenters. The predicted octanol–water partition coefficient (Wildman–Crippen LogP) is 2.68. The van der Waals surface area contributed by atoms with E-state index in [1.54, 1.807) is 0 Å². The first kappa shape index (κ1) is 12.3. The fourth-order valence-corrected chi connectivity index (χ4v) is 2.89. The summed E-state index contributed by atoms with van der Waals surface area (Å²) in [5, 5.41) is 7.98. The van der Waals surface area contributed by atoms with Gasteiger partial charge >= 0.3 is 0 Å². The van der Waals surface area contributed by atoms with E-state index in [1.165, 1.54) is 9.75 Å². The zero-order valence-corrected chi connectivity index (χ0v) is 11.4. The van der Waals surface area contributed by atoms with Crippen LogP contribution in [0.3, 0.4) is 0 Å². The van der Waals surface area contributed by atoms with Crippen LogP contribution in [0.2, 0.25) is 0 Å². The first-order valence-electron chi connectivity index (χ1n) is 5.97. The monoisotopic (exact) mass is 249 g/mol. The minimum Gasteiger partial charge on any atom is -0.309 e. The van der Waals surface area contributed by atoms with Crippen LogP contribution in [0.25, 0.3) is 0 Å².